The second-order valence-electron chi connectivity index (χ2n) is 7.99. The van der Waals surface area contributed by atoms with Gasteiger partial charge in [0.1, 0.15) is 12.4 Å². The highest BCUT2D eigenvalue weighted by molar-refractivity contribution is 5.96. The number of rotatable bonds is 18. The van der Waals surface area contributed by atoms with Crippen molar-refractivity contribution >= 4 is 11.9 Å². The van der Waals surface area contributed by atoms with Crippen molar-refractivity contribution in [1.29, 1.82) is 0 Å². The zero-order chi connectivity index (χ0) is 20.3. The van der Waals surface area contributed by atoms with E-state index in [4.69, 9.17) is 9.84 Å². The SMILES string of the molecule is CCCCCCCCCCCCCCCCCC1=NCCN1C(=O)OCCO. The molecule has 1 heterocycles. The van der Waals surface area contributed by atoms with Crippen LogP contribution in [0.3, 0.4) is 0 Å². The van der Waals surface area contributed by atoms with Gasteiger partial charge in [0.05, 0.1) is 19.7 Å². The molecule has 28 heavy (non-hydrogen) atoms. The smallest absolute Gasteiger partial charge is 0.415 e. The standard InChI is InChI=1S/C23H44N2O3/c1-2-3-4-5-6-7-8-9-10-11-12-13-14-15-16-17-22-24-18-19-25(22)23(27)28-21-20-26/h26H,2-21H2,1H3. The molecule has 0 aromatic rings. The lowest BCUT2D eigenvalue weighted by molar-refractivity contribution is 0.102. The van der Waals surface area contributed by atoms with Gasteiger partial charge in [-0.15, -0.1) is 0 Å². The molecule has 5 nitrogen and oxygen atoms in total. The third-order valence-electron chi connectivity index (χ3n) is 5.47. The van der Waals surface area contributed by atoms with Crippen LogP contribution in [0.5, 0.6) is 0 Å². The van der Waals surface area contributed by atoms with Gasteiger partial charge in [0.25, 0.3) is 0 Å². The van der Waals surface area contributed by atoms with Crippen LogP contribution in [0.1, 0.15) is 110 Å². The molecule has 0 saturated carbocycles. The zero-order valence-corrected chi connectivity index (χ0v) is 18.3. The number of unbranched alkanes of at least 4 members (excludes halogenated alkanes) is 14. The molecule has 0 aliphatic carbocycles. The minimum absolute atomic E-state index is 0.0571. The average molecular weight is 397 g/mol. The fourth-order valence-corrected chi connectivity index (χ4v) is 3.77. The van der Waals surface area contributed by atoms with Gasteiger partial charge in [0, 0.05) is 6.42 Å². The van der Waals surface area contributed by atoms with Crippen LogP contribution in [-0.4, -0.2) is 48.2 Å². The van der Waals surface area contributed by atoms with Crippen LogP contribution in [0.2, 0.25) is 0 Å². The lowest BCUT2D eigenvalue weighted by Crippen LogP contribution is -2.35. The summed E-state index contributed by atoms with van der Waals surface area (Å²) in [5, 5.41) is 8.75. The van der Waals surface area contributed by atoms with E-state index in [1.54, 1.807) is 4.90 Å². The number of amidine groups is 1. The summed E-state index contributed by atoms with van der Waals surface area (Å²) in [6.45, 7) is 3.48. The average Bonchev–Trinajstić information content (AvgIpc) is 3.17. The molecule has 0 bridgehead atoms. The lowest BCUT2D eigenvalue weighted by atomic mass is 10.0. The molecule has 1 N–H and O–H groups in total. The van der Waals surface area contributed by atoms with Crippen LogP contribution in [0, 0.1) is 0 Å². The molecule has 0 unspecified atom stereocenters. The molecule has 0 aromatic carbocycles. The van der Waals surface area contributed by atoms with Gasteiger partial charge in [-0.2, -0.15) is 0 Å². The summed E-state index contributed by atoms with van der Waals surface area (Å²) >= 11 is 0. The number of carbonyl (C=O) groups is 1. The Labute approximate surface area is 172 Å². The van der Waals surface area contributed by atoms with E-state index in [1.807, 2.05) is 0 Å². The normalized spacial score (nSPS) is 13.8. The topological polar surface area (TPSA) is 62.1 Å². The summed E-state index contributed by atoms with van der Waals surface area (Å²) in [6.07, 6.45) is 20.8. The fraction of sp³-hybridized carbons (Fsp3) is 0.913. The molecule has 0 aromatic heterocycles. The van der Waals surface area contributed by atoms with Gasteiger partial charge in [-0.05, 0) is 6.42 Å². The fourth-order valence-electron chi connectivity index (χ4n) is 3.77. The van der Waals surface area contributed by atoms with Crippen LogP contribution in [0.4, 0.5) is 4.79 Å². The van der Waals surface area contributed by atoms with Gasteiger partial charge in [-0.25, -0.2) is 4.79 Å². The Morgan fingerprint density at radius 1 is 0.893 bits per heavy atom. The van der Waals surface area contributed by atoms with Crippen molar-refractivity contribution in [3.05, 3.63) is 0 Å². The van der Waals surface area contributed by atoms with Crippen molar-refractivity contribution in [2.45, 2.75) is 110 Å². The molecular formula is C23H44N2O3. The van der Waals surface area contributed by atoms with E-state index in [2.05, 4.69) is 11.9 Å². The van der Waals surface area contributed by atoms with E-state index in [1.165, 1.54) is 89.9 Å². The Kier molecular flexibility index (Phi) is 16.0. The molecule has 0 saturated heterocycles. The summed E-state index contributed by atoms with van der Waals surface area (Å²) < 4.78 is 4.99. The lowest BCUT2D eigenvalue weighted by Gasteiger charge is -2.17. The highest BCUT2D eigenvalue weighted by atomic mass is 16.6. The molecule has 0 atom stereocenters. The Bertz CT molecular complexity index is 413. The first-order valence-electron chi connectivity index (χ1n) is 11.9. The van der Waals surface area contributed by atoms with Gasteiger partial charge in [-0.3, -0.25) is 9.89 Å². The van der Waals surface area contributed by atoms with E-state index in [9.17, 15) is 4.79 Å². The molecule has 164 valence electrons. The number of ether oxygens (including phenoxy) is 1. The minimum atomic E-state index is -0.369. The number of aliphatic imine (C=N–C) groups is 1. The molecule has 1 aliphatic rings. The Hall–Kier alpha value is -1.10. The molecule has 1 aliphatic heterocycles. The number of aliphatic hydroxyl groups excluding tert-OH is 1. The highest BCUT2D eigenvalue weighted by Crippen LogP contribution is 2.15. The van der Waals surface area contributed by atoms with Gasteiger partial charge in [0.2, 0.25) is 0 Å². The summed E-state index contributed by atoms with van der Waals surface area (Å²) in [7, 11) is 0. The first kappa shape index (κ1) is 24.9. The van der Waals surface area contributed by atoms with Crippen molar-refractivity contribution in [1.82, 2.24) is 4.90 Å². The number of hydrogen-bond donors (Lipinski definition) is 1. The monoisotopic (exact) mass is 396 g/mol. The first-order valence-corrected chi connectivity index (χ1v) is 11.9. The first-order chi connectivity index (χ1) is 13.8. The second kappa shape index (κ2) is 18.0. The zero-order valence-electron chi connectivity index (χ0n) is 18.3. The summed E-state index contributed by atoms with van der Waals surface area (Å²) in [4.78, 5) is 17.9. The van der Waals surface area contributed by atoms with Crippen molar-refractivity contribution in [3.63, 3.8) is 0 Å². The number of hydrogen-bond acceptors (Lipinski definition) is 4. The quantitative estimate of drug-likeness (QED) is 0.285. The Morgan fingerprint density at radius 2 is 1.39 bits per heavy atom. The Morgan fingerprint density at radius 3 is 1.89 bits per heavy atom. The van der Waals surface area contributed by atoms with Crippen LogP contribution in [0.25, 0.3) is 0 Å². The maximum Gasteiger partial charge on any atom is 0.415 e. The van der Waals surface area contributed by atoms with Crippen molar-refractivity contribution in [2.75, 3.05) is 26.3 Å². The minimum Gasteiger partial charge on any atom is -0.447 e. The molecular weight excluding hydrogens is 352 g/mol. The number of amides is 1. The maximum atomic E-state index is 11.9. The largest absolute Gasteiger partial charge is 0.447 e. The van der Waals surface area contributed by atoms with E-state index in [0.29, 0.717) is 13.1 Å². The van der Waals surface area contributed by atoms with Crippen LogP contribution in [-0.2, 0) is 4.74 Å². The predicted octanol–water partition coefficient (Wildman–Crippen LogP) is 6.09. The highest BCUT2D eigenvalue weighted by Gasteiger charge is 2.24. The third-order valence-corrected chi connectivity index (χ3v) is 5.47. The van der Waals surface area contributed by atoms with Crippen LogP contribution < -0.4 is 0 Å². The number of aliphatic hydroxyl groups is 1. The van der Waals surface area contributed by atoms with E-state index in [0.717, 1.165) is 18.7 Å². The maximum absolute atomic E-state index is 11.9. The van der Waals surface area contributed by atoms with Gasteiger partial charge in [-0.1, -0.05) is 96.8 Å². The van der Waals surface area contributed by atoms with E-state index in [-0.39, 0.29) is 19.3 Å². The number of nitrogens with zero attached hydrogens (tertiary/aromatic N) is 2. The van der Waals surface area contributed by atoms with Gasteiger partial charge < -0.3 is 9.84 Å². The summed E-state index contributed by atoms with van der Waals surface area (Å²) in [6, 6.07) is 0. The van der Waals surface area contributed by atoms with E-state index >= 15 is 0 Å². The number of carbonyl (C=O) groups excluding carboxylic acids is 1. The third kappa shape index (κ3) is 12.4. The Balaban J connectivity index is 1.87. The molecule has 1 amide bonds. The van der Waals surface area contributed by atoms with Gasteiger partial charge >= 0.3 is 6.09 Å². The molecule has 0 spiro atoms. The summed E-state index contributed by atoms with van der Waals surface area (Å²) in [5.41, 5.74) is 0. The second-order valence-corrected chi connectivity index (χ2v) is 7.99. The molecule has 0 radical (unpaired) electrons. The van der Waals surface area contributed by atoms with Crippen molar-refractivity contribution < 1.29 is 14.6 Å². The molecule has 5 heteroatoms. The van der Waals surface area contributed by atoms with Gasteiger partial charge in [0.15, 0.2) is 0 Å². The molecule has 1 rings (SSSR count). The van der Waals surface area contributed by atoms with Crippen molar-refractivity contribution in [2.24, 2.45) is 4.99 Å². The van der Waals surface area contributed by atoms with E-state index < -0.39 is 0 Å². The molecule has 0 fully saturated rings. The summed E-state index contributed by atoms with van der Waals surface area (Å²) in [5.74, 6) is 0.859. The predicted molar refractivity (Wildman–Crippen MR) is 117 cm³/mol. The van der Waals surface area contributed by atoms with Crippen molar-refractivity contribution in [3.8, 4) is 0 Å². The van der Waals surface area contributed by atoms with Crippen LogP contribution >= 0.6 is 0 Å². The van der Waals surface area contributed by atoms with Crippen LogP contribution in [0.15, 0.2) is 4.99 Å².